The molecule has 3 rings (SSSR count). The average Bonchev–Trinajstić information content (AvgIpc) is 2.82. The summed E-state index contributed by atoms with van der Waals surface area (Å²) in [5.41, 5.74) is 1.38. The number of hydrogen-bond donors (Lipinski definition) is 1. The average molecular weight is 291 g/mol. The number of nitrogens with zero attached hydrogens (tertiary/aromatic N) is 1. The van der Waals surface area contributed by atoms with Gasteiger partial charge in [-0.1, -0.05) is 29.8 Å². The lowest BCUT2D eigenvalue weighted by Crippen LogP contribution is -2.13. The summed E-state index contributed by atoms with van der Waals surface area (Å²) in [6.07, 6.45) is 0. The molecule has 1 heterocycles. The molecule has 0 bridgehead atoms. The highest BCUT2D eigenvalue weighted by atomic mass is 35.5. The minimum absolute atomic E-state index is 0.00113. The van der Waals surface area contributed by atoms with E-state index in [1.807, 2.05) is 24.3 Å². The summed E-state index contributed by atoms with van der Waals surface area (Å²) in [5, 5.41) is 14.6. The van der Waals surface area contributed by atoms with E-state index in [9.17, 15) is 10.1 Å². The van der Waals surface area contributed by atoms with E-state index in [0.29, 0.717) is 17.3 Å². The lowest BCUT2D eigenvalue weighted by molar-refractivity contribution is -0.384. The first kappa shape index (κ1) is 12.7. The van der Waals surface area contributed by atoms with Crippen LogP contribution in [0.4, 0.5) is 11.4 Å². The van der Waals surface area contributed by atoms with Crippen molar-refractivity contribution in [3.05, 3.63) is 63.2 Å². The molecule has 1 aliphatic rings. The molecule has 0 aromatic heterocycles. The van der Waals surface area contributed by atoms with Crippen LogP contribution < -0.4 is 10.1 Å². The summed E-state index contributed by atoms with van der Waals surface area (Å²) in [7, 11) is 0. The highest BCUT2D eigenvalue weighted by Gasteiger charge is 2.26. The van der Waals surface area contributed by atoms with E-state index < -0.39 is 4.92 Å². The largest absolute Gasteiger partial charge is 0.491 e. The molecule has 0 fully saturated rings. The lowest BCUT2D eigenvalue weighted by Gasteiger charge is -2.13. The van der Waals surface area contributed by atoms with Gasteiger partial charge in [-0.2, -0.15) is 0 Å². The zero-order valence-corrected chi connectivity index (χ0v) is 11.1. The quantitative estimate of drug-likeness (QED) is 0.690. The van der Waals surface area contributed by atoms with Crippen molar-refractivity contribution >= 4 is 23.0 Å². The number of benzene rings is 2. The fourth-order valence-electron chi connectivity index (χ4n) is 2.25. The molecule has 20 heavy (non-hydrogen) atoms. The van der Waals surface area contributed by atoms with Gasteiger partial charge in [0.25, 0.3) is 5.69 Å². The SMILES string of the molecule is O=[N+]([O-])c1ccc(Cl)cc1NC1COc2ccccc21. The third-order valence-electron chi connectivity index (χ3n) is 3.18. The number of nitro benzene ring substituents is 1. The first-order valence-electron chi connectivity index (χ1n) is 6.07. The second-order valence-electron chi connectivity index (χ2n) is 4.46. The molecule has 2 aromatic carbocycles. The van der Waals surface area contributed by atoms with Gasteiger partial charge in [0.05, 0.1) is 11.0 Å². The Morgan fingerprint density at radius 3 is 2.90 bits per heavy atom. The number of nitrogens with one attached hydrogen (secondary N) is 1. The van der Waals surface area contributed by atoms with Crippen molar-refractivity contribution < 1.29 is 9.66 Å². The molecule has 1 unspecified atom stereocenters. The zero-order valence-electron chi connectivity index (χ0n) is 10.4. The zero-order chi connectivity index (χ0) is 14.1. The number of ether oxygens (including phenoxy) is 1. The van der Waals surface area contributed by atoms with E-state index in [2.05, 4.69) is 5.32 Å². The topological polar surface area (TPSA) is 64.4 Å². The predicted molar refractivity (Wildman–Crippen MR) is 76.4 cm³/mol. The molecule has 5 nitrogen and oxygen atoms in total. The minimum atomic E-state index is -0.430. The van der Waals surface area contributed by atoms with Gasteiger partial charge in [-0.15, -0.1) is 0 Å². The summed E-state index contributed by atoms with van der Waals surface area (Å²) < 4.78 is 5.55. The maximum Gasteiger partial charge on any atom is 0.292 e. The number of para-hydroxylation sites is 1. The Morgan fingerprint density at radius 1 is 1.30 bits per heavy atom. The van der Waals surface area contributed by atoms with E-state index in [4.69, 9.17) is 16.3 Å². The molecule has 6 heteroatoms. The minimum Gasteiger partial charge on any atom is -0.491 e. The summed E-state index contributed by atoms with van der Waals surface area (Å²) in [4.78, 5) is 10.6. The van der Waals surface area contributed by atoms with E-state index >= 15 is 0 Å². The van der Waals surface area contributed by atoms with Crippen LogP contribution in [-0.4, -0.2) is 11.5 Å². The van der Waals surface area contributed by atoms with Crippen molar-refractivity contribution in [2.45, 2.75) is 6.04 Å². The van der Waals surface area contributed by atoms with E-state index in [0.717, 1.165) is 11.3 Å². The molecule has 2 aromatic rings. The van der Waals surface area contributed by atoms with Gasteiger partial charge in [0.2, 0.25) is 0 Å². The predicted octanol–water partition coefficient (Wildman–Crippen LogP) is 3.79. The van der Waals surface area contributed by atoms with Gasteiger partial charge in [0.15, 0.2) is 0 Å². The molecule has 0 spiro atoms. The van der Waals surface area contributed by atoms with Crippen molar-refractivity contribution in [1.82, 2.24) is 0 Å². The van der Waals surface area contributed by atoms with Gasteiger partial charge in [-0.25, -0.2) is 0 Å². The summed E-state index contributed by atoms with van der Waals surface area (Å²) in [5.74, 6) is 0.801. The maximum atomic E-state index is 11.0. The monoisotopic (exact) mass is 290 g/mol. The van der Waals surface area contributed by atoms with Gasteiger partial charge < -0.3 is 10.1 Å². The summed E-state index contributed by atoms with van der Waals surface area (Å²) in [6.45, 7) is 0.434. The van der Waals surface area contributed by atoms with Gasteiger partial charge in [0, 0.05) is 16.7 Å². The Balaban J connectivity index is 1.93. The third kappa shape index (κ3) is 2.28. The lowest BCUT2D eigenvalue weighted by atomic mass is 10.1. The molecule has 1 aliphatic heterocycles. The van der Waals surface area contributed by atoms with Gasteiger partial charge in [-0.05, 0) is 18.2 Å². The highest BCUT2D eigenvalue weighted by Crippen LogP contribution is 2.37. The second kappa shape index (κ2) is 5.02. The van der Waals surface area contributed by atoms with Crippen molar-refractivity contribution in [3.63, 3.8) is 0 Å². The van der Waals surface area contributed by atoms with E-state index in [-0.39, 0.29) is 11.7 Å². The standard InChI is InChI=1S/C14H11ClN2O3/c15-9-5-6-13(17(18)19)11(7-9)16-12-8-20-14-4-2-1-3-10(12)14/h1-7,12,16H,8H2. The number of hydrogen-bond acceptors (Lipinski definition) is 4. The Labute approximate surface area is 120 Å². The number of fused-ring (bicyclic) bond motifs is 1. The molecular formula is C14H11ClN2O3. The number of halogens is 1. The van der Waals surface area contributed by atoms with Crippen molar-refractivity contribution in [2.75, 3.05) is 11.9 Å². The molecule has 1 atom stereocenters. The molecule has 1 N–H and O–H groups in total. The van der Waals surface area contributed by atoms with Crippen LogP contribution in [0.15, 0.2) is 42.5 Å². The molecule has 0 amide bonds. The van der Waals surface area contributed by atoms with Crippen LogP contribution in [0.25, 0.3) is 0 Å². The van der Waals surface area contributed by atoms with Crippen LogP contribution >= 0.6 is 11.6 Å². The Morgan fingerprint density at radius 2 is 2.10 bits per heavy atom. The van der Waals surface area contributed by atoms with Gasteiger partial charge in [-0.3, -0.25) is 10.1 Å². The van der Waals surface area contributed by atoms with Crippen LogP contribution in [0.5, 0.6) is 5.75 Å². The molecule has 0 radical (unpaired) electrons. The normalized spacial score (nSPS) is 16.4. The summed E-state index contributed by atoms with van der Waals surface area (Å²) >= 11 is 5.91. The molecular weight excluding hydrogens is 280 g/mol. The summed E-state index contributed by atoms with van der Waals surface area (Å²) in [6, 6.07) is 12.0. The van der Waals surface area contributed by atoms with Crippen molar-refractivity contribution in [1.29, 1.82) is 0 Å². The fourth-order valence-corrected chi connectivity index (χ4v) is 2.43. The Bertz CT molecular complexity index is 675. The number of nitro groups is 1. The first-order valence-corrected chi connectivity index (χ1v) is 6.45. The first-order chi connectivity index (χ1) is 9.65. The van der Waals surface area contributed by atoms with Crippen molar-refractivity contribution in [3.8, 4) is 5.75 Å². The van der Waals surface area contributed by atoms with Crippen LogP contribution in [0.1, 0.15) is 11.6 Å². The van der Waals surface area contributed by atoms with E-state index in [1.165, 1.54) is 12.1 Å². The number of anilines is 1. The van der Waals surface area contributed by atoms with E-state index in [1.54, 1.807) is 6.07 Å². The maximum absolute atomic E-state index is 11.0. The molecule has 0 aliphatic carbocycles. The fraction of sp³-hybridized carbons (Fsp3) is 0.143. The van der Waals surface area contributed by atoms with Crippen LogP contribution in [0, 0.1) is 10.1 Å². The second-order valence-corrected chi connectivity index (χ2v) is 4.90. The Hall–Kier alpha value is -2.27. The van der Waals surface area contributed by atoms with Gasteiger partial charge >= 0.3 is 0 Å². The highest BCUT2D eigenvalue weighted by molar-refractivity contribution is 6.31. The van der Waals surface area contributed by atoms with Crippen LogP contribution in [0.3, 0.4) is 0 Å². The Kier molecular flexibility index (Phi) is 3.20. The van der Waals surface area contributed by atoms with Crippen LogP contribution in [0.2, 0.25) is 5.02 Å². The molecule has 0 saturated carbocycles. The van der Waals surface area contributed by atoms with Crippen LogP contribution in [-0.2, 0) is 0 Å². The molecule has 102 valence electrons. The van der Waals surface area contributed by atoms with Gasteiger partial charge in [0.1, 0.15) is 18.0 Å². The smallest absolute Gasteiger partial charge is 0.292 e. The third-order valence-corrected chi connectivity index (χ3v) is 3.42. The molecule has 0 saturated heterocycles. The van der Waals surface area contributed by atoms with Crippen molar-refractivity contribution in [2.24, 2.45) is 0 Å². The number of rotatable bonds is 3.